The Morgan fingerprint density at radius 3 is 3.38 bits per heavy atom. The highest BCUT2D eigenvalue weighted by atomic mass is 16.6. The molecule has 0 saturated carbocycles. The van der Waals surface area contributed by atoms with Crippen LogP contribution in [-0.4, -0.2) is 49.1 Å². The zero-order valence-electron chi connectivity index (χ0n) is 20.5. The number of benzene rings is 1. The fourth-order valence-electron chi connectivity index (χ4n) is 2.22. The summed E-state index contributed by atoms with van der Waals surface area (Å²) >= 11 is 0. The number of nitrogens with one attached hydrogen (secondary N) is 2. The van der Waals surface area contributed by atoms with Gasteiger partial charge in [0.1, 0.15) is 6.61 Å². The van der Waals surface area contributed by atoms with E-state index in [0.717, 1.165) is 12.0 Å². The zero-order valence-corrected chi connectivity index (χ0v) is 11.5. The molecule has 1 aliphatic heterocycles. The lowest BCUT2D eigenvalue weighted by Crippen LogP contribution is -2.28. The van der Waals surface area contributed by atoms with Crippen LogP contribution in [0.4, 0.5) is 4.79 Å². The van der Waals surface area contributed by atoms with Crippen molar-refractivity contribution < 1.29 is 22.0 Å². The summed E-state index contributed by atoms with van der Waals surface area (Å²) in [6.07, 6.45) is -1.67. The smallest absolute Gasteiger partial charge is 0.407 e. The first-order valence-electron chi connectivity index (χ1n) is 10.9. The maximum Gasteiger partial charge on any atom is 0.407 e. The van der Waals surface area contributed by atoms with Crippen LogP contribution in [0.1, 0.15) is 20.7 Å². The quantitative estimate of drug-likeness (QED) is 0.886. The molecular formula is C16H21N3O2. The summed E-state index contributed by atoms with van der Waals surface area (Å²) in [6, 6.07) is 3.09. The maximum atomic E-state index is 11.4. The Morgan fingerprint density at radius 2 is 2.62 bits per heavy atom. The van der Waals surface area contributed by atoms with Crippen LogP contribution in [-0.2, 0) is 17.6 Å². The molecule has 21 heavy (non-hydrogen) atoms. The van der Waals surface area contributed by atoms with Crippen LogP contribution in [0.15, 0.2) is 24.4 Å². The van der Waals surface area contributed by atoms with Crippen molar-refractivity contribution in [1.29, 1.82) is 0 Å². The number of hydrogen-bond donors (Lipinski definition) is 2. The number of aryl methyl sites for hydroxylation is 1. The van der Waals surface area contributed by atoms with Gasteiger partial charge in [0.2, 0.25) is 0 Å². The van der Waals surface area contributed by atoms with Gasteiger partial charge < -0.3 is 19.9 Å². The molecule has 1 atom stereocenters. The number of rotatable bonds is 5. The number of alkyl carbamates (subject to hydrolysis) is 1. The number of nitrogens with zero attached hydrogens (tertiary/aromatic N) is 1. The number of likely N-dealkylation sites (N-methyl/N-ethyl adjacent to an activating group) is 1. The van der Waals surface area contributed by atoms with E-state index in [1.54, 1.807) is 12.1 Å². The van der Waals surface area contributed by atoms with Crippen LogP contribution in [0.25, 0.3) is 10.9 Å². The van der Waals surface area contributed by atoms with E-state index >= 15 is 0 Å². The summed E-state index contributed by atoms with van der Waals surface area (Å²) in [5.41, 5.74) is 1.01. The highest BCUT2D eigenvalue weighted by molar-refractivity contribution is 5.84. The second-order valence-electron chi connectivity index (χ2n) is 4.86. The van der Waals surface area contributed by atoms with E-state index in [9.17, 15) is 4.79 Å². The molecule has 1 saturated heterocycles. The fourth-order valence-corrected chi connectivity index (χ4v) is 2.22. The number of ether oxygens (including phenoxy) is 1. The third kappa shape index (κ3) is 3.19. The van der Waals surface area contributed by atoms with Crippen molar-refractivity contribution in [3.8, 4) is 0 Å². The van der Waals surface area contributed by atoms with Gasteiger partial charge in [-0.1, -0.05) is 6.07 Å². The van der Waals surface area contributed by atoms with Gasteiger partial charge in [-0.05, 0) is 50.1 Å². The van der Waals surface area contributed by atoms with Crippen molar-refractivity contribution in [2.75, 3.05) is 27.1 Å². The molecule has 2 N–H and O–H groups in total. The van der Waals surface area contributed by atoms with Gasteiger partial charge in [-0.25, -0.2) is 4.79 Å². The number of aromatic nitrogens is 1. The summed E-state index contributed by atoms with van der Waals surface area (Å²) in [7, 11) is 1.13. The zero-order chi connectivity index (χ0) is 22.6. The minimum absolute atomic E-state index is 0.0454. The van der Waals surface area contributed by atoms with Crippen LogP contribution in [0, 0.1) is 0 Å². The molecule has 3 rings (SSSR count). The van der Waals surface area contributed by atoms with Gasteiger partial charge in [-0.2, -0.15) is 0 Å². The first-order valence-corrected chi connectivity index (χ1v) is 6.49. The normalized spacial score (nSPS) is 29.7. The highest BCUT2D eigenvalue weighted by Crippen LogP contribution is 2.21. The second kappa shape index (κ2) is 5.77. The molecule has 0 radical (unpaired) electrons. The first kappa shape index (κ1) is 6.83. The Labute approximate surface area is 137 Å². The molecular weight excluding hydrogens is 266 g/mol. The molecule has 5 nitrogen and oxygen atoms in total. The first-order chi connectivity index (χ1) is 13.7. The standard InChI is InChI=1S/C16H21N3O2/c1-19(2)6-5-12-9-17-15-4-3-11(8-14(12)15)7-13-10-21-16(20)18-13/h3-4,8-9,13,17H,5-7,10H2,1-2H3,(H,18,20)/t13-/m0/s1/i1D3,6D2,9D,13D/hD2. The SMILES string of the molecule is [2H]c1c(CC([2H])([2H])N(C)C([2H])([2H])[2H])c2cc(C[C@@]3([2H])COC(=O)N3[2H])ccc2n1[2H]. The number of carbonyl (C=O) groups excluding carboxylic acids is 1. The molecule has 1 amide bonds. The van der Waals surface area contributed by atoms with Gasteiger partial charge in [0.15, 0.2) is 2.82 Å². The number of amides is 1. The van der Waals surface area contributed by atoms with Crippen molar-refractivity contribution in [2.24, 2.45) is 0 Å². The minimum atomic E-state index is -2.68. The largest absolute Gasteiger partial charge is 0.447 e. The summed E-state index contributed by atoms with van der Waals surface area (Å²) in [5.74, 6) is 0. The lowest BCUT2D eigenvalue weighted by atomic mass is 10.0. The average molecular weight is 296 g/mol. The van der Waals surface area contributed by atoms with E-state index in [-0.39, 0.29) is 24.8 Å². The van der Waals surface area contributed by atoms with E-state index in [1.807, 2.05) is 0 Å². The minimum Gasteiger partial charge on any atom is -0.447 e. The molecule has 112 valence electrons. The van der Waals surface area contributed by atoms with E-state index in [0.29, 0.717) is 26.7 Å². The van der Waals surface area contributed by atoms with Crippen molar-refractivity contribution in [2.45, 2.75) is 18.9 Å². The monoisotopic (exact) mass is 296 g/mol. The summed E-state index contributed by atoms with van der Waals surface area (Å²) in [6.45, 7) is -5.28. The molecule has 0 spiro atoms. The molecule has 1 aromatic heterocycles. The van der Waals surface area contributed by atoms with Gasteiger partial charge in [-0.15, -0.1) is 0 Å². The Morgan fingerprint density at radius 1 is 1.71 bits per heavy atom. The van der Waals surface area contributed by atoms with E-state index in [1.165, 1.54) is 6.07 Å². The number of cyclic esters (lactones) is 1. The van der Waals surface area contributed by atoms with Gasteiger partial charge in [-0.3, -0.25) is 0 Å². The molecule has 2 heterocycles. The number of carbonyl (C=O) groups is 1. The molecule has 0 unspecified atom stereocenters. The molecule has 1 aliphatic rings. The summed E-state index contributed by atoms with van der Waals surface area (Å²) in [4.78, 5) is 12.9. The molecule has 5 heteroatoms. The summed E-state index contributed by atoms with van der Waals surface area (Å²) < 4.78 is 75.8. The number of aromatic amines is 1. The lowest BCUT2D eigenvalue weighted by Gasteiger charge is -2.09. The van der Waals surface area contributed by atoms with Crippen molar-refractivity contribution in [3.05, 3.63) is 35.5 Å². The third-order valence-corrected chi connectivity index (χ3v) is 3.21. The Hall–Kier alpha value is -2.01. The van der Waals surface area contributed by atoms with Crippen LogP contribution in [0.5, 0.6) is 0 Å². The number of hydrogen-bond acceptors (Lipinski definition) is 3. The van der Waals surface area contributed by atoms with Gasteiger partial charge in [0, 0.05) is 30.4 Å². The Balaban J connectivity index is 2.00. The van der Waals surface area contributed by atoms with Crippen LogP contribution >= 0.6 is 0 Å². The van der Waals surface area contributed by atoms with Gasteiger partial charge in [0.05, 0.1) is 8.76 Å². The number of H-pyrrole nitrogens is 1. The molecule has 0 bridgehead atoms. The second-order valence-corrected chi connectivity index (χ2v) is 4.86. The van der Waals surface area contributed by atoms with E-state index in [4.69, 9.17) is 17.2 Å². The fraction of sp³-hybridized carbons (Fsp3) is 0.438. The predicted octanol–water partition coefficient (Wildman–Crippen LogP) is 1.92. The molecule has 1 fully saturated rings. The highest BCUT2D eigenvalue weighted by Gasteiger charge is 2.22. The molecule has 0 aliphatic carbocycles. The van der Waals surface area contributed by atoms with Gasteiger partial charge in [0.25, 0.3) is 0 Å². The topological polar surface area (TPSA) is 57.4 Å². The summed E-state index contributed by atoms with van der Waals surface area (Å²) in [5, 5.41) is 0.828. The van der Waals surface area contributed by atoms with Crippen LogP contribution < -0.4 is 5.31 Å². The molecule has 2 aromatic rings. The van der Waals surface area contributed by atoms with Gasteiger partial charge >= 0.3 is 6.09 Å². The van der Waals surface area contributed by atoms with Crippen molar-refractivity contribution in [1.82, 2.24) is 15.2 Å². The predicted molar refractivity (Wildman–Crippen MR) is 82.5 cm³/mol. The number of fused-ring (bicyclic) bond motifs is 1. The maximum absolute atomic E-state index is 11.4. The molecule has 1 aromatic carbocycles. The van der Waals surface area contributed by atoms with E-state index < -0.39 is 32.0 Å². The Kier molecular flexibility index (Phi) is 1.88. The van der Waals surface area contributed by atoms with E-state index in [2.05, 4.69) is 0 Å². The lowest BCUT2D eigenvalue weighted by molar-refractivity contribution is 0.177. The third-order valence-electron chi connectivity index (χ3n) is 3.21. The van der Waals surface area contributed by atoms with Crippen molar-refractivity contribution >= 4 is 17.0 Å². The van der Waals surface area contributed by atoms with Crippen molar-refractivity contribution in [3.63, 3.8) is 0 Å². The average Bonchev–Trinajstić information content (AvgIpc) is 3.03. The van der Waals surface area contributed by atoms with Crippen LogP contribution in [0.3, 0.4) is 0 Å². The van der Waals surface area contributed by atoms with Crippen LogP contribution in [0.2, 0.25) is 2.82 Å². The Bertz CT molecular complexity index is 990.